The molecule has 2 heteroatoms. The van der Waals surface area contributed by atoms with Crippen LogP contribution in [0.15, 0.2) is 0 Å². The van der Waals surface area contributed by atoms with Gasteiger partial charge in [-0.25, -0.2) is 0 Å². The minimum atomic E-state index is -0.121. The summed E-state index contributed by atoms with van der Waals surface area (Å²) in [6, 6.07) is 0. The molecule has 2 N–H and O–H groups in total. The molecule has 0 heterocycles. The maximum atomic E-state index is 6.06. The molecule has 0 aliphatic heterocycles. The molecule has 1 atom stereocenters. The smallest absolute Gasteiger partial charge is 0.0643 e. The van der Waals surface area contributed by atoms with E-state index < -0.39 is 0 Å². The van der Waals surface area contributed by atoms with E-state index in [0.29, 0.717) is 6.61 Å². The van der Waals surface area contributed by atoms with Crippen molar-refractivity contribution in [3.05, 3.63) is 0 Å². The third kappa shape index (κ3) is 8.26. The second-order valence-electron chi connectivity index (χ2n) is 4.10. The van der Waals surface area contributed by atoms with Gasteiger partial charge in [0.25, 0.3) is 0 Å². The van der Waals surface area contributed by atoms with Crippen LogP contribution in [0.2, 0.25) is 0 Å². The minimum Gasteiger partial charge on any atom is -0.380 e. The highest BCUT2D eigenvalue weighted by Crippen LogP contribution is 2.12. The van der Waals surface area contributed by atoms with Gasteiger partial charge in [0.1, 0.15) is 0 Å². The molecule has 0 aromatic carbocycles. The van der Waals surface area contributed by atoms with Gasteiger partial charge in [-0.05, 0) is 20.3 Å². The summed E-state index contributed by atoms with van der Waals surface area (Å²) in [6.45, 7) is 7.76. The average Bonchev–Trinajstić information content (AvgIpc) is 2.09. The van der Waals surface area contributed by atoms with Crippen LogP contribution in [0.25, 0.3) is 0 Å². The lowest BCUT2D eigenvalue weighted by Gasteiger charge is -2.24. The normalized spacial score (nSPS) is 15.7. The lowest BCUT2D eigenvalue weighted by atomic mass is 9.96. The highest BCUT2D eigenvalue weighted by atomic mass is 16.5. The molecule has 0 fully saturated rings. The van der Waals surface area contributed by atoms with E-state index in [1.54, 1.807) is 0 Å². The average molecular weight is 187 g/mol. The number of ether oxygens (including phenoxy) is 1. The Kier molecular flexibility index (Phi) is 7.29. The van der Waals surface area contributed by atoms with Crippen molar-refractivity contribution in [2.75, 3.05) is 13.2 Å². The van der Waals surface area contributed by atoms with Gasteiger partial charge in [-0.1, -0.05) is 32.6 Å². The van der Waals surface area contributed by atoms with Crippen molar-refractivity contribution in [1.82, 2.24) is 0 Å². The van der Waals surface area contributed by atoms with Crippen molar-refractivity contribution in [2.45, 2.75) is 58.4 Å². The Morgan fingerprint density at radius 3 is 2.38 bits per heavy atom. The van der Waals surface area contributed by atoms with Crippen molar-refractivity contribution >= 4 is 0 Å². The van der Waals surface area contributed by atoms with E-state index in [1.807, 2.05) is 6.92 Å². The summed E-state index contributed by atoms with van der Waals surface area (Å²) in [5.41, 5.74) is 5.94. The van der Waals surface area contributed by atoms with Crippen molar-refractivity contribution < 1.29 is 4.74 Å². The van der Waals surface area contributed by atoms with E-state index in [-0.39, 0.29) is 5.54 Å². The standard InChI is InChI=1S/C11H25NO/c1-4-6-7-8-9-11(3,12)10-13-5-2/h4-10,12H2,1-3H3. The maximum Gasteiger partial charge on any atom is 0.0643 e. The zero-order chi connectivity index (χ0) is 10.2. The SMILES string of the molecule is CCCCCCC(C)(N)COCC. The summed E-state index contributed by atoms with van der Waals surface area (Å²) in [5, 5.41) is 0. The highest BCUT2D eigenvalue weighted by Gasteiger charge is 2.17. The highest BCUT2D eigenvalue weighted by molar-refractivity contribution is 4.77. The second kappa shape index (κ2) is 7.34. The molecule has 2 nitrogen and oxygen atoms in total. The Labute approximate surface area is 82.8 Å². The largest absolute Gasteiger partial charge is 0.380 e. The molecule has 0 amide bonds. The van der Waals surface area contributed by atoms with Crippen molar-refractivity contribution in [3.8, 4) is 0 Å². The molecule has 0 spiro atoms. The van der Waals surface area contributed by atoms with Gasteiger partial charge < -0.3 is 10.5 Å². The Hall–Kier alpha value is -0.0800. The topological polar surface area (TPSA) is 35.2 Å². The van der Waals surface area contributed by atoms with Crippen LogP contribution in [0.1, 0.15) is 52.9 Å². The van der Waals surface area contributed by atoms with E-state index in [9.17, 15) is 0 Å². The van der Waals surface area contributed by atoms with Crippen LogP contribution >= 0.6 is 0 Å². The summed E-state index contributed by atoms with van der Waals surface area (Å²) in [7, 11) is 0. The van der Waals surface area contributed by atoms with Crippen molar-refractivity contribution in [1.29, 1.82) is 0 Å². The fraction of sp³-hybridized carbons (Fsp3) is 1.00. The summed E-state index contributed by atoms with van der Waals surface area (Å²) < 4.78 is 5.33. The molecule has 13 heavy (non-hydrogen) atoms. The molecule has 0 aliphatic carbocycles. The molecular weight excluding hydrogens is 162 g/mol. The lowest BCUT2D eigenvalue weighted by molar-refractivity contribution is 0.0964. The predicted molar refractivity (Wildman–Crippen MR) is 57.8 cm³/mol. The molecule has 0 rings (SSSR count). The number of hydrogen-bond acceptors (Lipinski definition) is 2. The molecule has 0 radical (unpaired) electrons. The molecule has 0 aliphatic rings. The molecule has 0 aromatic rings. The molecule has 0 saturated carbocycles. The van der Waals surface area contributed by atoms with E-state index in [2.05, 4.69) is 13.8 Å². The van der Waals surface area contributed by atoms with Crippen molar-refractivity contribution in [2.24, 2.45) is 5.73 Å². The first-order chi connectivity index (χ1) is 6.12. The Morgan fingerprint density at radius 1 is 1.15 bits per heavy atom. The molecular formula is C11H25NO. The van der Waals surface area contributed by atoms with Gasteiger partial charge in [0.15, 0.2) is 0 Å². The Morgan fingerprint density at radius 2 is 1.85 bits per heavy atom. The number of nitrogens with two attached hydrogens (primary N) is 1. The zero-order valence-corrected chi connectivity index (χ0v) is 9.44. The number of rotatable bonds is 8. The van der Waals surface area contributed by atoms with Crippen LogP contribution in [-0.4, -0.2) is 18.8 Å². The van der Waals surface area contributed by atoms with Gasteiger partial charge in [0, 0.05) is 12.1 Å². The Bertz CT molecular complexity index is 113. The van der Waals surface area contributed by atoms with Gasteiger partial charge in [0.2, 0.25) is 0 Å². The third-order valence-corrected chi connectivity index (χ3v) is 2.24. The monoisotopic (exact) mass is 187 g/mol. The molecule has 0 aromatic heterocycles. The third-order valence-electron chi connectivity index (χ3n) is 2.24. The Balaban J connectivity index is 3.39. The first-order valence-electron chi connectivity index (χ1n) is 5.49. The molecule has 0 saturated heterocycles. The number of unbranched alkanes of at least 4 members (excludes halogenated alkanes) is 3. The van der Waals surface area contributed by atoms with Gasteiger partial charge in [-0.2, -0.15) is 0 Å². The van der Waals surface area contributed by atoms with Crippen LogP contribution in [0, 0.1) is 0 Å². The number of hydrogen-bond donors (Lipinski definition) is 1. The van der Waals surface area contributed by atoms with E-state index in [1.165, 1.54) is 25.7 Å². The van der Waals surface area contributed by atoms with Gasteiger partial charge in [-0.15, -0.1) is 0 Å². The van der Waals surface area contributed by atoms with Crippen LogP contribution in [0.5, 0.6) is 0 Å². The van der Waals surface area contributed by atoms with Crippen molar-refractivity contribution in [3.63, 3.8) is 0 Å². The van der Waals surface area contributed by atoms with E-state index in [4.69, 9.17) is 10.5 Å². The quantitative estimate of drug-likeness (QED) is 0.593. The first kappa shape index (κ1) is 12.9. The summed E-state index contributed by atoms with van der Waals surface area (Å²) >= 11 is 0. The fourth-order valence-electron chi connectivity index (χ4n) is 1.36. The van der Waals surface area contributed by atoms with Crippen LogP contribution < -0.4 is 5.73 Å². The summed E-state index contributed by atoms with van der Waals surface area (Å²) in [6.07, 6.45) is 6.22. The molecule has 80 valence electrons. The first-order valence-corrected chi connectivity index (χ1v) is 5.49. The summed E-state index contributed by atoms with van der Waals surface area (Å²) in [5.74, 6) is 0. The lowest BCUT2D eigenvalue weighted by Crippen LogP contribution is -2.41. The van der Waals surface area contributed by atoms with Crippen LogP contribution in [-0.2, 0) is 4.74 Å². The van der Waals surface area contributed by atoms with E-state index in [0.717, 1.165) is 13.0 Å². The predicted octanol–water partition coefficient (Wildman–Crippen LogP) is 2.71. The summed E-state index contributed by atoms with van der Waals surface area (Å²) in [4.78, 5) is 0. The minimum absolute atomic E-state index is 0.121. The van der Waals surface area contributed by atoms with Crippen LogP contribution in [0.4, 0.5) is 0 Å². The molecule has 0 bridgehead atoms. The van der Waals surface area contributed by atoms with Crippen LogP contribution in [0.3, 0.4) is 0 Å². The van der Waals surface area contributed by atoms with Gasteiger partial charge in [-0.3, -0.25) is 0 Å². The fourth-order valence-corrected chi connectivity index (χ4v) is 1.36. The van der Waals surface area contributed by atoms with Gasteiger partial charge in [0.05, 0.1) is 6.61 Å². The molecule has 1 unspecified atom stereocenters. The van der Waals surface area contributed by atoms with Gasteiger partial charge >= 0.3 is 0 Å². The second-order valence-corrected chi connectivity index (χ2v) is 4.10. The zero-order valence-electron chi connectivity index (χ0n) is 9.44. The maximum absolute atomic E-state index is 6.06. The van der Waals surface area contributed by atoms with E-state index >= 15 is 0 Å².